The minimum atomic E-state index is -5.78. The van der Waals surface area contributed by atoms with E-state index in [1.54, 1.807) is 20.8 Å². The molecule has 1 amide bonds. The number of carbonyl (C=O) groups is 2. The zero-order valence-corrected chi connectivity index (χ0v) is 17.6. The molecule has 170 valence electrons. The minimum Gasteiger partial charge on any atom is -0.481 e. The Morgan fingerprint density at radius 3 is 2.10 bits per heavy atom. The van der Waals surface area contributed by atoms with Crippen molar-refractivity contribution < 1.29 is 45.2 Å². The summed E-state index contributed by atoms with van der Waals surface area (Å²) in [6.07, 6.45) is -0.556. The monoisotopic (exact) mass is 455 g/mol. The van der Waals surface area contributed by atoms with Gasteiger partial charge in [0.2, 0.25) is 0 Å². The average molecular weight is 455 g/mol. The molecule has 30 heavy (non-hydrogen) atoms. The summed E-state index contributed by atoms with van der Waals surface area (Å²) in [4.78, 5) is 23.2. The summed E-state index contributed by atoms with van der Waals surface area (Å²) in [5.41, 5.74) is -5.82. The molecule has 12 heteroatoms. The highest BCUT2D eigenvalue weighted by atomic mass is 32.2. The van der Waals surface area contributed by atoms with Crippen LogP contribution in [0, 0.1) is 5.92 Å². The minimum absolute atomic E-state index is 0.0648. The molecule has 1 aromatic carbocycles. The topological polar surface area (TPSA) is 119 Å². The van der Waals surface area contributed by atoms with E-state index >= 15 is 0 Å². The Bertz CT molecular complexity index is 846. The van der Waals surface area contributed by atoms with Crippen LogP contribution in [-0.2, 0) is 26.1 Å². The van der Waals surface area contributed by atoms with Crippen LogP contribution in [0.2, 0.25) is 0 Å². The van der Waals surface area contributed by atoms with Crippen LogP contribution >= 0.6 is 0 Å². The van der Waals surface area contributed by atoms with Gasteiger partial charge < -0.3 is 19.3 Å². The fourth-order valence-electron chi connectivity index (χ4n) is 2.33. The van der Waals surface area contributed by atoms with Gasteiger partial charge in [0, 0.05) is 6.04 Å². The van der Waals surface area contributed by atoms with Crippen molar-refractivity contribution in [2.45, 2.75) is 57.7 Å². The second-order valence-electron chi connectivity index (χ2n) is 7.65. The lowest BCUT2D eigenvalue weighted by atomic mass is 9.96. The number of carboxylic acids is 1. The number of amides is 1. The highest BCUT2D eigenvalue weighted by Crippen LogP contribution is 2.27. The number of hydrogen-bond acceptors (Lipinski definition) is 6. The smallest absolute Gasteiger partial charge is 0.481 e. The molecule has 0 saturated heterocycles. The molecule has 8 nitrogen and oxygen atoms in total. The summed E-state index contributed by atoms with van der Waals surface area (Å²) in [6.45, 7) is 6.45. The molecule has 2 atom stereocenters. The van der Waals surface area contributed by atoms with Crippen molar-refractivity contribution in [1.82, 2.24) is 5.32 Å². The molecule has 0 heterocycles. The second kappa shape index (κ2) is 9.54. The Hall–Kier alpha value is -2.50. The molecule has 0 aliphatic rings. The van der Waals surface area contributed by atoms with Gasteiger partial charge in [0.1, 0.15) is 11.4 Å². The summed E-state index contributed by atoms with van der Waals surface area (Å²) < 4.78 is 68.4. The lowest BCUT2D eigenvalue weighted by molar-refractivity contribution is -0.141. The highest BCUT2D eigenvalue weighted by molar-refractivity contribution is 7.88. The number of rotatable bonds is 8. The Kier molecular flexibility index (Phi) is 8.12. The van der Waals surface area contributed by atoms with Crippen LogP contribution in [0.1, 0.15) is 39.7 Å². The number of halogens is 3. The molecule has 0 aliphatic carbocycles. The van der Waals surface area contributed by atoms with Crippen molar-refractivity contribution in [2.75, 3.05) is 0 Å². The number of carboxylic acid groups (broad SMARTS) is 1. The van der Waals surface area contributed by atoms with Gasteiger partial charge in [0.15, 0.2) is 0 Å². The second-order valence-corrected chi connectivity index (χ2v) is 9.19. The van der Waals surface area contributed by atoms with Gasteiger partial charge in [0.25, 0.3) is 0 Å². The zero-order chi connectivity index (χ0) is 23.3. The molecule has 1 rings (SSSR count). The fourth-order valence-corrected chi connectivity index (χ4v) is 2.79. The summed E-state index contributed by atoms with van der Waals surface area (Å²) in [5.74, 6) is -2.39. The van der Waals surface area contributed by atoms with Crippen LogP contribution in [0.25, 0.3) is 0 Å². The molecule has 0 bridgehead atoms. The largest absolute Gasteiger partial charge is 0.534 e. The number of hydrogen-bond donors (Lipinski definition) is 2. The first-order valence-electron chi connectivity index (χ1n) is 8.82. The van der Waals surface area contributed by atoms with Crippen LogP contribution in [-0.4, -0.2) is 42.7 Å². The van der Waals surface area contributed by atoms with Crippen LogP contribution in [0.4, 0.5) is 18.0 Å². The van der Waals surface area contributed by atoms with Crippen molar-refractivity contribution >= 4 is 22.2 Å². The van der Waals surface area contributed by atoms with Crippen LogP contribution < -0.4 is 9.50 Å². The van der Waals surface area contributed by atoms with Gasteiger partial charge in [-0.1, -0.05) is 19.1 Å². The summed E-state index contributed by atoms with van der Waals surface area (Å²) in [5, 5.41) is 11.7. The first kappa shape index (κ1) is 25.5. The maximum absolute atomic E-state index is 12.4. The van der Waals surface area contributed by atoms with Crippen molar-refractivity contribution in [2.24, 2.45) is 5.92 Å². The average Bonchev–Trinajstić information content (AvgIpc) is 2.53. The summed E-state index contributed by atoms with van der Waals surface area (Å²) >= 11 is 0. The quantitative estimate of drug-likeness (QED) is 0.455. The molecular formula is C18H24F3NO7S. The Labute approximate surface area is 172 Å². The first-order valence-corrected chi connectivity index (χ1v) is 10.2. The fraction of sp³-hybridized carbons (Fsp3) is 0.556. The maximum atomic E-state index is 12.4. The molecule has 0 unspecified atom stereocenters. The molecule has 0 spiro atoms. The van der Waals surface area contributed by atoms with Crippen LogP contribution in [0.3, 0.4) is 0 Å². The lowest BCUT2D eigenvalue weighted by Gasteiger charge is -2.24. The first-order chi connectivity index (χ1) is 13.5. The zero-order valence-electron chi connectivity index (χ0n) is 16.8. The number of alkyl halides is 3. The molecule has 2 N–H and O–H groups in total. The van der Waals surface area contributed by atoms with E-state index in [1.807, 2.05) is 0 Å². The predicted molar refractivity (Wildman–Crippen MR) is 100 cm³/mol. The van der Waals surface area contributed by atoms with E-state index in [9.17, 15) is 31.2 Å². The van der Waals surface area contributed by atoms with Gasteiger partial charge in [0.05, 0.1) is 5.92 Å². The lowest BCUT2D eigenvalue weighted by Crippen LogP contribution is -2.41. The Balaban J connectivity index is 2.92. The number of ether oxygens (including phenoxy) is 1. The van der Waals surface area contributed by atoms with Crippen molar-refractivity contribution in [3.63, 3.8) is 0 Å². The number of benzene rings is 1. The maximum Gasteiger partial charge on any atom is 0.534 e. The normalized spacial score (nSPS) is 14.5. The summed E-state index contributed by atoms with van der Waals surface area (Å²) in [7, 11) is -5.78. The Morgan fingerprint density at radius 1 is 1.13 bits per heavy atom. The third kappa shape index (κ3) is 8.47. The SMILES string of the molecule is C[C@@H](C[C@H](Cc1ccc(OS(=O)(=O)C(F)(F)F)cc1)NC(=O)OC(C)(C)C)C(=O)O. The van der Waals surface area contributed by atoms with Crippen LogP contribution in [0.15, 0.2) is 24.3 Å². The van der Waals surface area contributed by atoms with Crippen LogP contribution in [0.5, 0.6) is 5.75 Å². The molecule has 0 fully saturated rings. The highest BCUT2D eigenvalue weighted by Gasteiger charge is 2.48. The van der Waals surface area contributed by atoms with Gasteiger partial charge >= 0.3 is 27.7 Å². The number of carbonyl (C=O) groups excluding carboxylic acids is 1. The molecule has 0 aromatic heterocycles. The molecule has 1 aromatic rings. The number of aliphatic carboxylic acids is 1. The van der Waals surface area contributed by atoms with Gasteiger partial charge in [-0.05, 0) is 51.3 Å². The molecule has 0 saturated carbocycles. The molecular weight excluding hydrogens is 431 g/mol. The van der Waals surface area contributed by atoms with Gasteiger partial charge in [-0.15, -0.1) is 0 Å². The molecule has 0 radical (unpaired) electrons. The number of nitrogens with one attached hydrogen (secondary N) is 1. The Morgan fingerprint density at radius 2 is 1.67 bits per heavy atom. The van der Waals surface area contributed by atoms with E-state index in [1.165, 1.54) is 19.1 Å². The third-order valence-electron chi connectivity index (χ3n) is 3.68. The van der Waals surface area contributed by atoms with Gasteiger partial charge in [-0.3, -0.25) is 4.79 Å². The molecule has 0 aliphatic heterocycles. The standard InChI is InChI=1S/C18H24F3NO7S/c1-11(15(23)24)9-13(22-16(25)28-17(2,3)4)10-12-5-7-14(8-6-12)29-30(26,27)18(19,20)21/h5-8,11,13H,9-10H2,1-4H3,(H,22,25)(H,23,24)/t11-,13+/m0/s1. The van der Waals surface area contributed by atoms with E-state index < -0.39 is 51.0 Å². The predicted octanol–water partition coefficient (Wildman–Crippen LogP) is 3.46. The van der Waals surface area contributed by atoms with E-state index in [4.69, 9.17) is 9.84 Å². The van der Waals surface area contributed by atoms with E-state index in [-0.39, 0.29) is 12.8 Å². The van der Waals surface area contributed by atoms with Gasteiger partial charge in [-0.2, -0.15) is 21.6 Å². The van der Waals surface area contributed by atoms with E-state index in [2.05, 4.69) is 9.50 Å². The van der Waals surface area contributed by atoms with Crippen molar-refractivity contribution in [3.8, 4) is 5.75 Å². The summed E-state index contributed by atoms with van der Waals surface area (Å²) in [6, 6.07) is 4.04. The van der Waals surface area contributed by atoms with Crippen molar-refractivity contribution in [3.05, 3.63) is 29.8 Å². The number of alkyl carbamates (subject to hydrolysis) is 1. The van der Waals surface area contributed by atoms with Gasteiger partial charge in [-0.25, -0.2) is 4.79 Å². The van der Waals surface area contributed by atoms with Crippen molar-refractivity contribution in [1.29, 1.82) is 0 Å². The van der Waals surface area contributed by atoms with E-state index in [0.717, 1.165) is 12.1 Å². The van der Waals surface area contributed by atoms with E-state index in [0.29, 0.717) is 5.56 Å². The third-order valence-corrected chi connectivity index (χ3v) is 4.65.